The maximum absolute atomic E-state index is 11.4. The smallest absolute Gasteiger partial charge is 0.344 e. The lowest BCUT2D eigenvalue weighted by Gasteiger charge is -2.12. The summed E-state index contributed by atoms with van der Waals surface area (Å²) < 4.78 is 10.4. The summed E-state index contributed by atoms with van der Waals surface area (Å²) in [6.45, 7) is 4.58. The Hall–Kier alpha value is -1.71. The van der Waals surface area contributed by atoms with E-state index in [4.69, 9.17) is 15.2 Å². The number of carbonyl (C=O) groups is 1. The van der Waals surface area contributed by atoms with E-state index in [2.05, 4.69) is 13.8 Å². The van der Waals surface area contributed by atoms with E-state index >= 15 is 0 Å². The number of nitrogens with two attached hydrogens (primary N) is 1. The van der Waals surface area contributed by atoms with Gasteiger partial charge in [-0.2, -0.15) is 0 Å². The first kappa shape index (κ1) is 14.4. The molecule has 0 aliphatic carbocycles. The minimum atomic E-state index is -0.335. The molecule has 0 amide bonds. The zero-order valence-electron chi connectivity index (χ0n) is 11.0. The Morgan fingerprint density at radius 1 is 1.22 bits per heavy atom. The fourth-order valence-electron chi connectivity index (χ4n) is 1.48. The number of rotatable bonds is 7. The highest BCUT2D eigenvalue weighted by molar-refractivity contribution is 5.71. The molecular formula is C14H21NO3. The van der Waals surface area contributed by atoms with Crippen molar-refractivity contribution >= 4 is 11.7 Å². The van der Waals surface area contributed by atoms with Crippen LogP contribution in [0.4, 0.5) is 5.69 Å². The lowest BCUT2D eigenvalue weighted by Crippen LogP contribution is -2.18. The normalized spacial score (nSPS) is 10.4. The van der Waals surface area contributed by atoms with Crippen molar-refractivity contribution in [1.82, 2.24) is 0 Å². The molecule has 0 heterocycles. The average molecular weight is 251 g/mol. The highest BCUT2D eigenvalue weighted by Crippen LogP contribution is 2.13. The van der Waals surface area contributed by atoms with Gasteiger partial charge in [-0.05, 0) is 30.2 Å². The monoisotopic (exact) mass is 251 g/mol. The Balaban J connectivity index is 2.26. The van der Waals surface area contributed by atoms with Crippen molar-refractivity contribution in [1.29, 1.82) is 0 Å². The number of hydrogen-bond donors (Lipinski definition) is 1. The quantitative estimate of drug-likeness (QED) is 0.597. The summed E-state index contributed by atoms with van der Waals surface area (Å²) in [5, 5.41) is 0. The third-order valence-corrected chi connectivity index (χ3v) is 2.87. The van der Waals surface area contributed by atoms with Gasteiger partial charge in [-0.1, -0.05) is 26.7 Å². The van der Waals surface area contributed by atoms with Crippen molar-refractivity contribution in [2.24, 2.45) is 5.92 Å². The molecule has 4 nitrogen and oxygen atoms in total. The second-order valence-electron chi connectivity index (χ2n) is 4.22. The predicted octanol–water partition coefficient (Wildman–Crippen LogP) is 2.63. The first-order valence-electron chi connectivity index (χ1n) is 6.29. The number of benzene rings is 1. The van der Waals surface area contributed by atoms with Crippen molar-refractivity contribution in [3.63, 3.8) is 0 Å². The summed E-state index contributed by atoms with van der Waals surface area (Å²) in [5.74, 6) is 0.716. The Labute approximate surface area is 108 Å². The lowest BCUT2D eigenvalue weighted by molar-refractivity contribution is -0.147. The molecule has 1 aromatic rings. The zero-order valence-corrected chi connectivity index (χ0v) is 11.0. The van der Waals surface area contributed by atoms with Crippen LogP contribution < -0.4 is 10.5 Å². The molecule has 0 spiro atoms. The third-order valence-electron chi connectivity index (χ3n) is 2.87. The minimum Gasteiger partial charge on any atom is -0.482 e. The highest BCUT2D eigenvalue weighted by Gasteiger charge is 2.09. The summed E-state index contributed by atoms with van der Waals surface area (Å²) in [4.78, 5) is 11.4. The van der Waals surface area contributed by atoms with E-state index in [-0.39, 0.29) is 12.6 Å². The van der Waals surface area contributed by atoms with E-state index in [1.54, 1.807) is 24.3 Å². The first-order chi connectivity index (χ1) is 8.65. The van der Waals surface area contributed by atoms with Gasteiger partial charge in [0, 0.05) is 5.69 Å². The molecule has 0 atom stereocenters. The van der Waals surface area contributed by atoms with E-state index in [1.807, 2.05) is 0 Å². The molecule has 0 radical (unpaired) electrons. The fourth-order valence-corrected chi connectivity index (χ4v) is 1.48. The molecule has 0 aliphatic heterocycles. The van der Waals surface area contributed by atoms with E-state index in [0.29, 0.717) is 24.0 Å². The van der Waals surface area contributed by atoms with Crippen molar-refractivity contribution in [2.45, 2.75) is 26.7 Å². The first-order valence-corrected chi connectivity index (χ1v) is 6.29. The number of hydrogen-bond acceptors (Lipinski definition) is 4. The fraction of sp³-hybridized carbons (Fsp3) is 0.500. The molecule has 4 heteroatoms. The Morgan fingerprint density at radius 2 is 1.83 bits per heavy atom. The van der Waals surface area contributed by atoms with Crippen LogP contribution in [-0.2, 0) is 9.53 Å². The summed E-state index contributed by atoms with van der Waals surface area (Å²) in [6, 6.07) is 6.91. The molecule has 0 bridgehead atoms. The molecular weight excluding hydrogens is 230 g/mol. The molecule has 0 aliphatic rings. The van der Waals surface area contributed by atoms with Gasteiger partial charge in [0.25, 0.3) is 0 Å². The number of carbonyl (C=O) groups excluding carboxylic acids is 1. The van der Waals surface area contributed by atoms with Gasteiger partial charge in [0.2, 0.25) is 0 Å². The number of esters is 1. The minimum absolute atomic E-state index is 0.0654. The predicted molar refractivity (Wildman–Crippen MR) is 71.4 cm³/mol. The Kier molecular flexibility index (Phi) is 6.05. The molecule has 2 N–H and O–H groups in total. The van der Waals surface area contributed by atoms with Crippen LogP contribution in [0.15, 0.2) is 24.3 Å². The highest BCUT2D eigenvalue weighted by atomic mass is 16.6. The van der Waals surface area contributed by atoms with Crippen LogP contribution in [0.2, 0.25) is 0 Å². The van der Waals surface area contributed by atoms with Crippen molar-refractivity contribution in [3.8, 4) is 5.75 Å². The van der Waals surface area contributed by atoms with Gasteiger partial charge in [-0.25, -0.2) is 4.79 Å². The number of anilines is 1. The molecule has 100 valence electrons. The molecule has 0 fully saturated rings. The molecule has 0 saturated heterocycles. The van der Waals surface area contributed by atoms with E-state index < -0.39 is 0 Å². The van der Waals surface area contributed by atoms with Crippen LogP contribution in [0.3, 0.4) is 0 Å². The van der Waals surface area contributed by atoms with Crippen molar-refractivity contribution in [3.05, 3.63) is 24.3 Å². The number of nitrogen functional groups attached to an aromatic ring is 1. The van der Waals surface area contributed by atoms with E-state index in [1.165, 1.54) is 0 Å². The second-order valence-corrected chi connectivity index (χ2v) is 4.22. The largest absolute Gasteiger partial charge is 0.482 e. The van der Waals surface area contributed by atoms with Gasteiger partial charge < -0.3 is 15.2 Å². The summed E-state index contributed by atoms with van der Waals surface area (Å²) in [7, 11) is 0. The molecule has 18 heavy (non-hydrogen) atoms. The SMILES string of the molecule is CCC(CC)COC(=O)COc1ccc(N)cc1. The summed E-state index contributed by atoms with van der Waals surface area (Å²) in [6.07, 6.45) is 2.03. The van der Waals surface area contributed by atoms with Crippen LogP contribution in [0.25, 0.3) is 0 Å². The molecule has 0 aromatic heterocycles. The molecule has 0 saturated carbocycles. The third kappa shape index (κ3) is 5.08. The topological polar surface area (TPSA) is 61.5 Å². The summed E-state index contributed by atoms with van der Waals surface area (Å²) >= 11 is 0. The maximum Gasteiger partial charge on any atom is 0.344 e. The average Bonchev–Trinajstić information content (AvgIpc) is 2.39. The van der Waals surface area contributed by atoms with Crippen LogP contribution in [0, 0.1) is 5.92 Å². The van der Waals surface area contributed by atoms with Crippen LogP contribution in [0.5, 0.6) is 5.75 Å². The van der Waals surface area contributed by atoms with Gasteiger partial charge in [0.05, 0.1) is 6.61 Å². The van der Waals surface area contributed by atoms with E-state index in [0.717, 1.165) is 12.8 Å². The standard InChI is InChI=1S/C14H21NO3/c1-3-11(4-2)9-18-14(16)10-17-13-7-5-12(15)6-8-13/h5-8,11H,3-4,9-10,15H2,1-2H3. The van der Waals surface area contributed by atoms with Crippen LogP contribution in [0.1, 0.15) is 26.7 Å². The molecule has 1 rings (SSSR count). The second kappa shape index (κ2) is 7.58. The van der Waals surface area contributed by atoms with Crippen molar-refractivity contribution in [2.75, 3.05) is 18.9 Å². The maximum atomic E-state index is 11.4. The van der Waals surface area contributed by atoms with Gasteiger partial charge in [-0.3, -0.25) is 0 Å². The van der Waals surface area contributed by atoms with Crippen LogP contribution in [-0.4, -0.2) is 19.2 Å². The number of ether oxygens (including phenoxy) is 2. The van der Waals surface area contributed by atoms with E-state index in [9.17, 15) is 4.79 Å². The van der Waals surface area contributed by atoms with Gasteiger partial charge in [-0.15, -0.1) is 0 Å². The van der Waals surface area contributed by atoms with Gasteiger partial charge >= 0.3 is 5.97 Å². The Bertz CT molecular complexity index is 358. The molecule has 0 unspecified atom stereocenters. The molecule has 1 aromatic carbocycles. The Morgan fingerprint density at radius 3 is 2.39 bits per heavy atom. The zero-order chi connectivity index (χ0) is 13.4. The van der Waals surface area contributed by atoms with Gasteiger partial charge in [0.1, 0.15) is 5.75 Å². The van der Waals surface area contributed by atoms with Gasteiger partial charge in [0.15, 0.2) is 6.61 Å². The lowest BCUT2D eigenvalue weighted by atomic mass is 10.1. The summed E-state index contributed by atoms with van der Waals surface area (Å²) in [5.41, 5.74) is 6.21. The van der Waals surface area contributed by atoms with Crippen molar-refractivity contribution < 1.29 is 14.3 Å². The van der Waals surface area contributed by atoms with Crippen LogP contribution >= 0.6 is 0 Å².